The number of carbonyl (C=O) groups is 1. The number of halogens is 2. The van der Waals surface area contributed by atoms with Gasteiger partial charge in [-0.3, -0.25) is 9.36 Å². The van der Waals surface area contributed by atoms with Crippen molar-refractivity contribution in [2.75, 3.05) is 31.1 Å². The molecule has 1 amide bonds. The fraction of sp³-hybridized carbons (Fsp3) is 0.346. The molecule has 36 heavy (non-hydrogen) atoms. The van der Waals surface area contributed by atoms with Crippen LogP contribution >= 0.6 is 11.6 Å². The maximum Gasteiger partial charge on any atom is 0.350 e. The van der Waals surface area contributed by atoms with Gasteiger partial charge in [0.15, 0.2) is 5.75 Å². The molecule has 2 aromatic carbocycles. The number of benzene rings is 2. The van der Waals surface area contributed by atoms with Crippen LogP contribution in [0.5, 0.6) is 11.5 Å². The molecule has 3 aromatic rings. The zero-order chi connectivity index (χ0) is 25.1. The summed E-state index contributed by atoms with van der Waals surface area (Å²) in [6.45, 7) is 5.50. The minimum Gasteiger partial charge on any atom is -0.507 e. The Bertz CT molecular complexity index is 1470. The number of amides is 1. The number of hydrogen-bond donors (Lipinski definition) is 1. The van der Waals surface area contributed by atoms with Gasteiger partial charge in [0.1, 0.15) is 24.0 Å². The van der Waals surface area contributed by atoms with Gasteiger partial charge in [0.25, 0.3) is 0 Å². The van der Waals surface area contributed by atoms with Crippen molar-refractivity contribution in [2.45, 2.75) is 25.4 Å². The molecule has 0 bridgehead atoms. The van der Waals surface area contributed by atoms with Gasteiger partial charge in [-0.15, -0.1) is 0 Å². The predicted octanol–water partition coefficient (Wildman–Crippen LogP) is 3.57. The molecule has 1 aromatic heterocycles. The second-order valence-corrected chi connectivity index (χ2v) is 9.89. The Morgan fingerprint density at radius 3 is 2.86 bits per heavy atom. The van der Waals surface area contributed by atoms with Crippen LogP contribution in [0, 0.1) is 11.7 Å². The Morgan fingerprint density at radius 1 is 1.33 bits per heavy atom. The maximum atomic E-state index is 14.9. The number of anilines is 1. The van der Waals surface area contributed by atoms with Crippen molar-refractivity contribution in [3.8, 4) is 22.6 Å². The summed E-state index contributed by atoms with van der Waals surface area (Å²) in [5.74, 6) is 0.0168. The molecule has 1 saturated carbocycles. The molecular formula is C26H24ClFN4O4. The molecule has 1 saturated heterocycles. The van der Waals surface area contributed by atoms with Gasteiger partial charge < -0.3 is 19.6 Å². The van der Waals surface area contributed by atoms with Gasteiger partial charge in [0.2, 0.25) is 5.91 Å². The van der Waals surface area contributed by atoms with Crippen LogP contribution in [0.2, 0.25) is 5.02 Å². The van der Waals surface area contributed by atoms with Crippen LogP contribution in [0.1, 0.15) is 12.8 Å². The van der Waals surface area contributed by atoms with Crippen LogP contribution in [0.15, 0.2) is 41.7 Å². The lowest BCUT2D eigenvalue weighted by Crippen LogP contribution is -2.56. The summed E-state index contributed by atoms with van der Waals surface area (Å²) in [5, 5.41) is 11.2. The Kier molecular flexibility index (Phi) is 5.40. The molecule has 3 aliphatic rings. The molecule has 2 aliphatic heterocycles. The van der Waals surface area contributed by atoms with E-state index in [4.69, 9.17) is 16.3 Å². The fourth-order valence-corrected chi connectivity index (χ4v) is 5.48. The van der Waals surface area contributed by atoms with Crippen LogP contribution < -0.4 is 15.3 Å². The third-order valence-corrected chi connectivity index (χ3v) is 7.58. The summed E-state index contributed by atoms with van der Waals surface area (Å²) >= 11 is 6.84. The highest BCUT2D eigenvalue weighted by Gasteiger charge is 2.37. The highest BCUT2D eigenvalue weighted by atomic mass is 35.5. The summed E-state index contributed by atoms with van der Waals surface area (Å²) in [6, 6.07) is 5.42. The standard InChI is InChI=1S/C26H24ClFN4O4/c1-2-20(34)30-8-9-31-15(12-30)13-36-24-22-18(32(11-14-6-7-14)26(35)29-25(22)31)10-16(23(24)27)21-17(28)4-3-5-19(21)33/h2-5,10,14-15,33H,1,6-9,11-13H2/t15-/m0/s1. The Balaban J connectivity index is 1.60. The van der Waals surface area contributed by atoms with Crippen molar-refractivity contribution in [2.24, 2.45) is 5.92 Å². The van der Waals surface area contributed by atoms with Crippen molar-refractivity contribution < 1.29 is 19.0 Å². The number of rotatable bonds is 4. The minimum absolute atomic E-state index is 0.0576. The third-order valence-electron chi connectivity index (χ3n) is 7.21. The van der Waals surface area contributed by atoms with Crippen molar-refractivity contribution >= 4 is 34.2 Å². The van der Waals surface area contributed by atoms with E-state index in [-0.39, 0.29) is 46.2 Å². The first kappa shape index (κ1) is 22.8. The first-order valence-corrected chi connectivity index (χ1v) is 12.3. The number of hydrogen-bond acceptors (Lipinski definition) is 6. The van der Waals surface area contributed by atoms with Crippen molar-refractivity contribution in [3.63, 3.8) is 0 Å². The van der Waals surface area contributed by atoms with Gasteiger partial charge in [0, 0.05) is 31.7 Å². The number of nitrogens with zero attached hydrogens (tertiary/aromatic N) is 4. The van der Waals surface area contributed by atoms with E-state index < -0.39 is 11.5 Å². The zero-order valence-electron chi connectivity index (χ0n) is 19.4. The van der Waals surface area contributed by atoms with E-state index in [1.54, 1.807) is 15.5 Å². The molecule has 186 valence electrons. The van der Waals surface area contributed by atoms with Crippen LogP contribution in [0.25, 0.3) is 22.0 Å². The van der Waals surface area contributed by atoms with Crippen LogP contribution in [-0.4, -0.2) is 57.7 Å². The van der Waals surface area contributed by atoms with Gasteiger partial charge in [-0.1, -0.05) is 24.2 Å². The van der Waals surface area contributed by atoms with Crippen molar-refractivity contribution in [1.82, 2.24) is 14.5 Å². The van der Waals surface area contributed by atoms with Gasteiger partial charge in [-0.05, 0) is 43.0 Å². The molecule has 8 nitrogen and oxygen atoms in total. The van der Waals surface area contributed by atoms with Gasteiger partial charge >= 0.3 is 5.69 Å². The number of phenols is 1. The predicted molar refractivity (Wildman–Crippen MR) is 134 cm³/mol. The quantitative estimate of drug-likeness (QED) is 0.540. The highest BCUT2D eigenvalue weighted by Crippen LogP contribution is 2.48. The summed E-state index contributed by atoms with van der Waals surface area (Å²) in [6.07, 6.45) is 3.32. The largest absolute Gasteiger partial charge is 0.507 e. The van der Waals surface area contributed by atoms with Crippen LogP contribution in [0.4, 0.5) is 10.2 Å². The zero-order valence-corrected chi connectivity index (χ0v) is 20.2. The van der Waals surface area contributed by atoms with E-state index in [0.717, 1.165) is 12.8 Å². The molecule has 3 heterocycles. The molecule has 0 unspecified atom stereocenters. The van der Waals surface area contributed by atoms with Crippen LogP contribution in [0.3, 0.4) is 0 Å². The second kappa shape index (κ2) is 8.51. The lowest BCUT2D eigenvalue weighted by Gasteiger charge is -2.40. The number of carbonyl (C=O) groups excluding carboxylic acids is 1. The molecule has 1 aliphatic carbocycles. The van der Waals surface area contributed by atoms with Crippen molar-refractivity contribution in [3.05, 3.63) is 58.2 Å². The average Bonchev–Trinajstić information content (AvgIpc) is 3.70. The first-order valence-electron chi connectivity index (χ1n) is 11.9. The summed E-state index contributed by atoms with van der Waals surface area (Å²) < 4.78 is 22.8. The minimum atomic E-state index is -0.640. The Labute approximate surface area is 211 Å². The molecule has 0 spiro atoms. The van der Waals surface area contributed by atoms with E-state index in [1.165, 1.54) is 24.3 Å². The molecule has 1 atom stereocenters. The number of phenolic OH excluding ortho intramolecular Hbond substituents is 1. The monoisotopic (exact) mass is 510 g/mol. The van der Waals surface area contributed by atoms with Gasteiger partial charge in [0.05, 0.1) is 27.5 Å². The second-order valence-electron chi connectivity index (χ2n) is 9.51. The lowest BCUT2D eigenvalue weighted by atomic mass is 10.0. The van der Waals surface area contributed by atoms with E-state index in [1.807, 2.05) is 4.90 Å². The topological polar surface area (TPSA) is 87.9 Å². The first-order chi connectivity index (χ1) is 17.4. The fourth-order valence-electron chi connectivity index (χ4n) is 5.18. The summed E-state index contributed by atoms with van der Waals surface area (Å²) in [5.41, 5.74) is 0.294. The number of aromatic hydroxyl groups is 1. The van der Waals surface area contributed by atoms with E-state index >= 15 is 0 Å². The van der Waals surface area contributed by atoms with Gasteiger partial charge in [-0.2, -0.15) is 4.98 Å². The SMILES string of the molecule is C=CC(=O)N1CCN2c3nc(=O)n(CC4CC4)c4cc(-c5c(O)cccc5F)c(Cl)c(c34)OC[C@@H]2C1. The molecule has 0 radical (unpaired) electrons. The molecular weight excluding hydrogens is 487 g/mol. The number of ether oxygens (including phenoxy) is 1. The lowest BCUT2D eigenvalue weighted by molar-refractivity contribution is -0.126. The smallest absolute Gasteiger partial charge is 0.350 e. The molecule has 10 heteroatoms. The van der Waals surface area contributed by atoms with E-state index in [0.29, 0.717) is 48.8 Å². The Morgan fingerprint density at radius 2 is 2.14 bits per heavy atom. The normalized spacial score (nSPS) is 19.0. The van der Waals surface area contributed by atoms with E-state index in [2.05, 4.69) is 11.6 Å². The van der Waals surface area contributed by atoms with E-state index in [9.17, 15) is 19.1 Å². The van der Waals surface area contributed by atoms with Crippen LogP contribution in [-0.2, 0) is 11.3 Å². The van der Waals surface area contributed by atoms with Gasteiger partial charge in [-0.25, -0.2) is 9.18 Å². The molecule has 1 N–H and O–H groups in total. The number of fused-ring (bicyclic) bond motifs is 2. The summed E-state index contributed by atoms with van der Waals surface area (Å²) in [4.78, 5) is 33.7. The third kappa shape index (κ3) is 3.61. The number of aromatic nitrogens is 2. The highest BCUT2D eigenvalue weighted by molar-refractivity contribution is 6.36. The molecule has 6 rings (SSSR count). The molecule has 2 fully saturated rings. The maximum absolute atomic E-state index is 14.9. The number of piperazine rings is 1. The summed E-state index contributed by atoms with van der Waals surface area (Å²) in [7, 11) is 0. The Hall–Kier alpha value is -3.59. The average molecular weight is 511 g/mol. The van der Waals surface area contributed by atoms with Crippen molar-refractivity contribution in [1.29, 1.82) is 0 Å².